The number of hydrogen-bond acceptors (Lipinski definition) is 4. The summed E-state index contributed by atoms with van der Waals surface area (Å²) < 4.78 is 32.0. The number of carbonyl (C=O) groups is 1. The number of nitrogens with one attached hydrogen (secondary N) is 1. The number of rotatable bonds is 25. The quantitative estimate of drug-likeness (QED) is 0.0567. The lowest BCUT2D eigenvalue weighted by molar-refractivity contribution is -0.122. The molecule has 3 N–H and O–H groups in total. The monoisotopic (exact) mass is 589 g/mol. The van der Waals surface area contributed by atoms with Crippen LogP contribution in [0.25, 0.3) is 0 Å². The lowest BCUT2D eigenvalue weighted by Crippen LogP contribution is -2.46. The van der Waals surface area contributed by atoms with E-state index in [0.29, 0.717) is 12.8 Å². The maximum absolute atomic E-state index is 12.3. The predicted molar refractivity (Wildman–Crippen MR) is 174 cm³/mol. The largest absolute Gasteiger partial charge is 0.387 e. The minimum absolute atomic E-state index is 0.242. The first kappa shape index (κ1) is 38.5. The predicted octanol–water partition coefficient (Wildman–Crippen LogP) is 8.11. The highest BCUT2D eigenvalue weighted by atomic mass is 32.2. The fourth-order valence-electron chi connectivity index (χ4n) is 3.79. The van der Waals surface area contributed by atoms with E-state index in [2.05, 4.69) is 92.1 Å². The van der Waals surface area contributed by atoms with E-state index in [9.17, 15) is 22.9 Å². The summed E-state index contributed by atoms with van der Waals surface area (Å²) in [7, 11) is -4.35. The summed E-state index contributed by atoms with van der Waals surface area (Å²) in [6.07, 6.45) is 40.2. The molecule has 2 unspecified atom stereocenters. The third-order valence-electron chi connectivity index (χ3n) is 6.04. The Hall–Kier alpha value is -2.48. The van der Waals surface area contributed by atoms with Crippen molar-refractivity contribution >= 4 is 16.0 Å². The standard InChI is InChI=1S/C34H55NO5S/c1-3-5-7-9-11-12-13-14-15-16-17-18-19-20-21-22-24-26-28-30-34(37)35-32(31-41(38,39)40)33(36)29-27-25-23-10-8-6-4-2/h5,7-8,10-12,14-15,17-18,20-21,27,29,32-33,36H,3-4,6,9,13,16,19,22-26,28,30-31H2,1-2H3,(H,35,37)(H,38,39,40)/b7-5-,10-8+,12-11-,15-14-,18-17-,21-20-,29-27+. The van der Waals surface area contributed by atoms with Crippen molar-refractivity contribution in [1.29, 1.82) is 0 Å². The van der Waals surface area contributed by atoms with Crippen molar-refractivity contribution in [3.63, 3.8) is 0 Å². The van der Waals surface area contributed by atoms with E-state index < -0.39 is 28.0 Å². The van der Waals surface area contributed by atoms with E-state index >= 15 is 0 Å². The Morgan fingerprint density at radius 1 is 0.683 bits per heavy atom. The zero-order valence-electron chi connectivity index (χ0n) is 25.4. The van der Waals surface area contributed by atoms with Gasteiger partial charge in [0.05, 0.1) is 17.9 Å². The molecule has 0 aliphatic rings. The second-order valence-electron chi connectivity index (χ2n) is 9.99. The highest BCUT2D eigenvalue weighted by molar-refractivity contribution is 7.85. The van der Waals surface area contributed by atoms with Crippen molar-refractivity contribution in [3.05, 3.63) is 85.1 Å². The molecule has 1 amide bonds. The van der Waals surface area contributed by atoms with Gasteiger partial charge in [-0.3, -0.25) is 9.35 Å². The summed E-state index contributed by atoms with van der Waals surface area (Å²) >= 11 is 0. The van der Waals surface area contributed by atoms with Crippen LogP contribution in [0.5, 0.6) is 0 Å². The van der Waals surface area contributed by atoms with Gasteiger partial charge in [-0.25, -0.2) is 0 Å². The van der Waals surface area contributed by atoms with Crippen LogP contribution in [0, 0.1) is 0 Å². The number of unbranched alkanes of at least 4 members (excludes halogenated alkanes) is 5. The lowest BCUT2D eigenvalue weighted by Gasteiger charge is -2.21. The topological polar surface area (TPSA) is 104 Å². The molecule has 0 saturated carbocycles. The molecule has 6 nitrogen and oxygen atoms in total. The van der Waals surface area contributed by atoms with Gasteiger partial charge in [0.1, 0.15) is 0 Å². The third kappa shape index (κ3) is 28.8. The minimum atomic E-state index is -4.35. The van der Waals surface area contributed by atoms with Crippen LogP contribution in [0.15, 0.2) is 85.1 Å². The lowest BCUT2D eigenvalue weighted by atomic mass is 10.1. The Balaban J connectivity index is 4.12. The molecule has 7 heteroatoms. The molecule has 0 aliphatic carbocycles. The van der Waals surface area contributed by atoms with E-state index in [1.54, 1.807) is 6.08 Å². The maximum atomic E-state index is 12.3. The Kier molecular flexibility index (Phi) is 26.0. The van der Waals surface area contributed by atoms with Crippen LogP contribution in [-0.4, -0.2) is 41.9 Å². The van der Waals surface area contributed by atoms with Crippen LogP contribution in [0.2, 0.25) is 0 Å². The van der Waals surface area contributed by atoms with Crippen LogP contribution < -0.4 is 5.32 Å². The molecule has 0 rings (SSSR count). The normalized spacial score (nSPS) is 14.7. The van der Waals surface area contributed by atoms with Crippen molar-refractivity contribution in [1.82, 2.24) is 5.32 Å². The molecule has 232 valence electrons. The van der Waals surface area contributed by atoms with E-state index in [0.717, 1.165) is 70.6 Å². The van der Waals surface area contributed by atoms with Gasteiger partial charge in [-0.15, -0.1) is 0 Å². The van der Waals surface area contributed by atoms with Crippen molar-refractivity contribution in [2.75, 3.05) is 5.75 Å². The van der Waals surface area contributed by atoms with E-state index in [1.165, 1.54) is 6.08 Å². The second-order valence-corrected chi connectivity index (χ2v) is 11.5. The molecule has 0 aromatic rings. The highest BCUT2D eigenvalue weighted by Gasteiger charge is 2.24. The number of amides is 1. The number of carbonyl (C=O) groups excluding carboxylic acids is 1. The SMILES string of the molecule is CC/C=C\C/C=C\C/C=C\C/C=C\C/C=C\CCCCCC(=O)NC(CS(=O)(=O)O)C(O)/C=C/CC/C=C/CCC. The van der Waals surface area contributed by atoms with Crippen LogP contribution in [-0.2, 0) is 14.9 Å². The number of aliphatic hydroxyl groups excluding tert-OH is 1. The van der Waals surface area contributed by atoms with Crippen LogP contribution in [0.4, 0.5) is 0 Å². The summed E-state index contributed by atoms with van der Waals surface area (Å²) in [6, 6.07) is -1.09. The zero-order chi connectivity index (χ0) is 30.4. The number of hydrogen-bond donors (Lipinski definition) is 3. The van der Waals surface area contributed by atoms with Gasteiger partial charge in [-0.05, 0) is 70.6 Å². The zero-order valence-corrected chi connectivity index (χ0v) is 26.2. The average Bonchev–Trinajstić information content (AvgIpc) is 2.92. The molecule has 0 heterocycles. The summed E-state index contributed by atoms with van der Waals surface area (Å²) in [6.45, 7) is 4.25. The first-order valence-electron chi connectivity index (χ1n) is 15.3. The van der Waals surface area contributed by atoms with E-state index in [4.69, 9.17) is 0 Å². The summed E-state index contributed by atoms with van der Waals surface area (Å²) in [5.41, 5.74) is 0. The Morgan fingerprint density at radius 3 is 1.76 bits per heavy atom. The third-order valence-corrected chi connectivity index (χ3v) is 6.82. The first-order valence-corrected chi connectivity index (χ1v) is 16.9. The molecule has 0 fully saturated rings. The smallest absolute Gasteiger partial charge is 0.267 e. The van der Waals surface area contributed by atoms with Gasteiger partial charge in [0, 0.05) is 6.42 Å². The van der Waals surface area contributed by atoms with E-state index in [1.807, 2.05) is 0 Å². The van der Waals surface area contributed by atoms with Gasteiger partial charge in [0.25, 0.3) is 10.1 Å². The van der Waals surface area contributed by atoms with Gasteiger partial charge < -0.3 is 10.4 Å². The van der Waals surface area contributed by atoms with Gasteiger partial charge in [0.2, 0.25) is 5.91 Å². The van der Waals surface area contributed by atoms with Crippen molar-refractivity contribution in [3.8, 4) is 0 Å². The van der Waals surface area contributed by atoms with Crippen LogP contribution in [0.3, 0.4) is 0 Å². The first-order chi connectivity index (χ1) is 19.8. The minimum Gasteiger partial charge on any atom is -0.387 e. The Labute approximate surface area is 250 Å². The van der Waals surface area contributed by atoms with Gasteiger partial charge in [-0.2, -0.15) is 8.42 Å². The molecular formula is C34H55NO5S. The van der Waals surface area contributed by atoms with E-state index in [-0.39, 0.29) is 12.3 Å². The molecule has 0 spiro atoms. The molecule has 41 heavy (non-hydrogen) atoms. The fraction of sp³-hybridized carbons (Fsp3) is 0.559. The van der Waals surface area contributed by atoms with Gasteiger partial charge in [0.15, 0.2) is 0 Å². The highest BCUT2D eigenvalue weighted by Crippen LogP contribution is 2.07. The second kappa shape index (κ2) is 27.7. The van der Waals surface area contributed by atoms with Crippen LogP contribution in [0.1, 0.15) is 104 Å². The summed E-state index contributed by atoms with van der Waals surface area (Å²) in [4.78, 5) is 12.3. The van der Waals surface area contributed by atoms with Gasteiger partial charge >= 0.3 is 0 Å². The molecule has 0 aromatic carbocycles. The molecular weight excluding hydrogens is 534 g/mol. The molecule has 0 bridgehead atoms. The summed E-state index contributed by atoms with van der Waals surface area (Å²) in [5, 5.41) is 13.0. The number of allylic oxidation sites excluding steroid dienone is 13. The van der Waals surface area contributed by atoms with Crippen molar-refractivity contribution in [2.24, 2.45) is 0 Å². The van der Waals surface area contributed by atoms with Crippen LogP contribution >= 0.6 is 0 Å². The fourth-order valence-corrected chi connectivity index (χ4v) is 4.52. The maximum Gasteiger partial charge on any atom is 0.267 e. The Bertz CT molecular complexity index is 958. The average molecular weight is 590 g/mol. The molecule has 2 atom stereocenters. The molecule has 0 aromatic heterocycles. The molecule has 0 radical (unpaired) electrons. The van der Waals surface area contributed by atoms with Gasteiger partial charge in [-0.1, -0.05) is 112 Å². The summed E-state index contributed by atoms with van der Waals surface area (Å²) in [5.74, 6) is -1.06. The van der Waals surface area contributed by atoms with Crippen molar-refractivity contribution < 1.29 is 22.9 Å². The number of aliphatic hydroxyl groups is 1. The van der Waals surface area contributed by atoms with Crippen molar-refractivity contribution in [2.45, 2.75) is 116 Å². The molecule has 0 aliphatic heterocycles. The Morgan fingerprint density at radius 2 is 1.20 bits per heavy atom. The molecule has 0 saturated heterocycles.